The second-order valence-electron chi connectivity index (χ2n) is 2.75. The van der Waals surface area contributed by atoms with E-state index in [0.717, 1.165) is 9.35 Å². The van der Waals surface area contributed by atoms with Crippen LogP contribution in [0.1, 0.15) is 24.3 Å². The van der Waals surface area contributed by atoms with Crippen molar-refractivity contribution in [2.24, 2.45) is 5.73 Å². The van der Waals surface area contributed by atoms with Gasteiger partial charge in [-0.25, -0.2) is 0 Å². The summed E-state index contributed by atoms with van der Waals surface area (Å²) >= 11 is 4.91. The number of esters is 1. The van der Waals surface area contributed by atoms with Gasteiger partial charge in [-0.3, -0.25) is 4.79 Å². The highest BCUT2D eigenvalue weighted by atomic mass is 79.9. The van der Waals surface area contributed by atoms with Crippen molar-refractivity contribution in [2.45, 2.75) is 19.4 Å². The van der Waals surface area contributed by atoms with Crippen molar-refractivity contribution in [2.75, 3.05) is 6.61 Å². The molecule has 1 aromatic heterocycles. The summed E-state index contributed by atoms with van der Waals surface area (Å²) in [6.07, 6.45) is 0.229. The first kappa shape index (κ1) is 11.7. The third-order valence-corrected chi connectivity index (χ3v) is 3.68. The quantitative estimate of drug-likeness (QED) is 0.861. The Morgan fingerprint density at radius 2 is 2.50 bits per heavy atom. The summed E-state index contributed by atoms with van der Waals surface area (Å²) in [5, 5.41) is 1.93. The zero-order valence-electron chi connectivity index (χ0n) is 7.83. The molecule has 1 aromatic rings. The Kier molecular flexibility index (Phi) is 4.57. The van der Waals surface area contributed by atoms with Crippen LogP contribution in [0.3, 0.4) is 0 Å². The fourth-order valence-electron chi connectivity index (χ4n) is 1.06. The van der Waals surface area contributed by atoms with Gasteiger partial charge in [0.25, 0.3) is 0 Å². The first-order valence-electron chi connectivity index (χ1n) is 4.29. The first-order chi connectivity index (χ1) is 6.65. The molecule has 1 rings (SSSR count). The molecule has 0 saturated heterocycles. The number of carbonyl (C=O) groups excluding carboxylic acids is 1. The molecule has 0 radical (unpaired) electrons. The predicted octanol–water partition coefficient (Wildman–Crippen LogP) is 2.46. The first-order valence-corrected chi connectivity index (χ1v) is 5.96. The van der Waals surface area contributed by atoms with Gasteiger partial charge in [0.1, 0.15) is 0 Å². The maximum absolute atomic E-state index is 11.1. The van der Waals surface area contributed by atoms with Gasteiger partial charge in [-0.05, 0) is 34.3 Å². The summed E-state index contributed by atoms with van der Waals surface area (Å²) < 4.78 is 5.78. The van der Waals surface area contributed by atoms with E-state index in [1.807, 2.05) is 11.4 Å². The zero-order valence-corrected chi connectivity index (χ0v) is 10.2. The van der Waals surface area contributed by atoms with Crippen molar-refractivity contribution >= 4 is 33.2 Å². The second-order valence-corrected chi connectivity index (χ2v) is 4.55. The minimum absolute atomic E-state index is 0.229. The highest BCUT2D eigenvalue weighted by molar-refractivity contribution is 9.10. The molecule has 0 aliphatic heterocycles. The normalized spacial score (nSPS) is 12.5. The maximum atomic E-state index is 11.1. The average molecular weight is 278 g/mol. The number of carbonyl (C=O) groups is 1. The fourth-order valence-corrected chi connectivity index (χ4v) is 2.73. The van der Waals surface area contributed by atoms with E-state index in [0.29, 0.717) is 6.61 Å². The molecule has 1 heterocycles. The Morgan fingerprint density at radius 1 is 1.79 bits per heavy atom. The molecule has 2 N–H and O–H groups in total. The highest BCUT2D eigenvalue weighted by Crippen LogP contribution is 2.29. The number of hydrogen-bond acceptors (Lipinski definition) is 4. The molecule has 0 amide bonds. The van der Waals surface area contributed by atoms with E-state index in [-0.39, 0.29) is 18.4 Å². The van der Waals surface area contributed by atoms with Crippen LogP contribution in [0.15, 0.2) is 15.9 Å². The van der Waals surface area contributed by atoms with E-state index >= 15 is 0 Å². The van der Waals surface area contributed by atoms with Crippen LogP contribution in [0, 0.1) is 0 Å². The minimum Gasteiger partial charge on any atom is -0.466 e. The van der Waals surface area contributed by atoms with Crippen molar-refractivity contribution in [3.63, 3.8) is 0 Å². The van der Waals surface area contributed by atoms with Crippen LogP contribution < -0.4 is 5.73 Å². The monoisotopic (exact) mass is 277 g/mol. The molecule has 0 fully saturated rings. The van der Waals surface area contributed by atoms with Gasteiger partial charge in [0, 0.05) is 9.35 Å². The van der Waals surface area contributed by atoms with Crippen LogP contribution in [0.2, 0.25) is 0 Å². The average Bonchev–Trinajstić information content (AvgIpc) is 2.51. The van der Waals surface area contributed by atoms with E-state index in [2.05, 4.69) is 15.9 Å². The topological polar surface area (TPSA) is 52.3 Å². The van der Waals surface area contributed by atoms with Crippen molar-refractivity contribution < 1.29 is 9.53 Å². The Labute approximate surface area is 95.4 Å². The van der Waals surface area contributed by atoms with Gasteiger partial charge in [-0.2, -0.15) is 0 Å². The van der Waals surface area contributed by atoms with Crippen LogP contribution in [-0.2, 0) is 9.53 Å². The molecule has 14 heavy (non-hydrogen) atoms. The number of halogens is 1. The lowest BCUT2D eigenvalue weighted by Crippen LogP contribution is -2.16. The summed E-state index contributed by atoms with van der Waals surface area (Å²) in [4.78, 5) is 12.1. The number of thiophene rings is 1. The Balaban J connectivity index is 2.54. The molecule has 5 heteroatoms. The van der Waals surface area contributed by atoms with Crippen LogP contribution in [-0.4, -0.2) is 12.6 Å². The fraction of sp³-hybridized carbons (Fsp3) is 0.444. The van der Waals surface area contributed by atoms with Crippen molar-refractivity contribution in [3.05, 3.63) is 20.8 Å². The number of rotatable bonds is 4. The molecule has 1 atom stereocenters. The molecule has 0 aliphatic carbocycles. The van der Waals surface area contributed by atoms with E-state index in [1.165, 1.54) is 11.3 Å². The molecule has 0 saturated carbocycles. The largest absolute Gasteiger partial charge is 0.466 e. The van der Waals surface area contributed by atoms with Gasteiger partial charge in [0.05, 0.1) is 19.1 Å². The molecule has 3 nitrogen and oxygen atoms in total. The van der Waals surface area contributed by atoms with Crippen LogP contribution in [0.25, 0.3) is 0 Å². The summed E-state index contributed by atoms with van der Waals surface area (Å²) in [5.74, 6) is -0.250. The lowest BCUT2D eigenvalue weighted by Gasteiger charge is -2.09. The lowest BCUT2D eigenvalue weighted by molar-refractivity contribution is -0.143. The number of hydrogen-bond donors (Lipinski definition) is 1. The Morgan fingerprint density at radius 3 is 3.00 bits per heavy atom. The molecule has 0 aromatic carbocycles. The van der Waals surface area contributed by atoms with Crippen LogP contribution >= 0.6 is 27.3 Å². The third-order valence-electron chi connectivity index (χ3n) is 1.67. The molecule has 0 unspecified atom stereocenters. The number of ether oxygens (including phenoxy) is 1. The van der Waals surface area contributed by atoms with Crippen molar-refractivity contribution in [1.29, 1.82) is 0 Å². The molecule has 0 aliphatic rings. The summed E-state index contributed by atoms with van der Waals surface area (Å²) in [6, 6.07) is 1.65. The van der Waals surface area contributed by atoms with Gasteiger partial charge < -0.3 is 10.5 Å². The van der Waals surface area contributed by atoms with Crippen LogP contribution in [0.5, 0.6) is 0 Å². The highest BCUT2D eigenvalue weighted by Gasteiger charge is 2.15. The summed E-state index contributed by atoms with van der Waals surface area (Å²) in [7, 11) is 0. The lowest BCUT2D eigenvalue weighted by atomic mass is 10.2. The molecular formula is C9H12BrNO2S. The van der Waals surface area contributed by atoms with Gasteiger partial charge in [0.2, 0.25) is 0 Å². The summed E-state index contributed by atoms with van der Waals surface area (Å²) in [5.41, 5.74) is 5.85. The third kappa shape index (κ3) is 3.08. The smallest absolute Gasteiger partial charge is 0.307 e. The van der Waals surface area contributed by atoms with E-state index in [4.69, 9.17) is 10.5 Å². The molecule has 78 valence electrons. The van der Waals surface area contributed by atoms with E-state index in [1.54, 1.807) is 6.92 Å². The standard InChI is InChI=1S/C9H12BrNO2S/c1-2-13-8(12)5-7(11)9-6(10)3-4-14-9/h3-4,7H,2,5,11H2,1H3/t7-/m0/s1. The van der Waals surface area contributed by atoms with Gasteiger partial charge in [-0.1, -0.05) is 0 Å². The minimum atomic E-state index is -0.275. The zero-order chi connectivity index (χ0) is 10.6. The Hall–Kier alpha value is -0.390. The van der Waals surface area contributed by atoms with Crippen molar-refractivity contribution in [3.8, 4) is 0 Å². The van der Waals surface area contributed by atoms with Gasteiger partial charge >= 0.3 is 5.97 Å². The van der Waals surface area contributed by atoms with E-state index in [9.17, 15) is 4.79 Å². The molecule has 0 spiro atoms. The second kappa shape index (κ2) is 5.48. The van der Waals surface area contributed by atoms with E-state index < -0.39 is 0 Å². The summed E-state index contributed by atoms with van der Waals surface area (Å²) in [6.45, 7) is 2.18. The maximum Gasteiger partial charge on any atom is 0.307 e. The SMILES string of the molecule is CCOC(=O)C[C@H](N)c1sccc1Br. The Bertz CT molecular complexity index is 314. The van der Waals surface area contributed by atoms with Crippen molar-refractivity contribution in [1.82, 2.24) is 0 Å². The van der Waals surface area contributed by atoms with Gasteiger partial charge in [0.15, 0.2) is 0 Å². The molecule has 0 bridgehead atoms. The molecular weight excluding hydrogens is 266 g/mol. The van der Waals surface area contributed by atoms with Gasteiger partial charge in [-0.15, -0.1) is 11.3 Å². The number of nitrogens with two attached hydrogens (primary N) is 1. The predicted molar refractivity (Wildman–Crippen MR) is 60.2 cm³/mol. The van der Waals surface area contributed by atoms with Crippen LogP contribution in [0.4, 0.5) is 0 Å².